The molecule has 102 valence electrons. The van der Waals surface area contributed by atoms with Crippen LogP contribution in [0.4, 0.5) is 18.9 Å². The number of anilines is 1. The molecule has 0 fully saturated rings. The highest BCUT2D eigenvalue weighted by Gasteiger charge is 2.36. The van der Waals surface area contributed by atoms with Crippen molar-refractivity contribution in [3.8, 4) is 0 Å². The molecule has 1 aromatic rings. The first-order valence-electron chi connectivity index (χ1n) is 5.16. The summed E-state index contributed by atoms with van der Waals surface area (Å²) < 4.78 is 39.8. The van der Waals surface area contributed by atoms with E-state index in [4.69, 9.17) is 0 Å². The van der Waals surface area contributed by atoms with Gasteiger partial charge in [-0.25, -0.2) is 0 Å². The van der Waals surface area contributed by atoms with Crippen molar-refractivity contribution < 1.29 is 27.5 Å². The van der Waals surface area contributed by atoms with Crippen LogP contribution < -0.4 is 4.90 Å². The monoisotopic (exact) mass is 337 g/mol. The number of hydrogen-bond donors (Lipinski definition) is 0. The van der Waals surface area contributed by atoms with Gasteiger partial charge in [-0.2, -0.15) is 0 Å². The molecule has 0 aromatic heterocycles. The summed E-state index contributed by atoms with van der Waals surface area (Å²) in [5, 5.41) is 0. The molecule has 0 N–H and O–H groups in total. The van der Waals surface area contributed by atoms with E-state index >= 15 is 0 Å². The molecule has 1 aliphatic heterocycles. The number of rotatable bonds is 3. The number of ketones is 1. The Morgan fingerprint density at radius 1 is 1.26 bits per heavy atom. The smallest absolute Gasteiger partial charge is 0.302 e. The Labute approximate surface area is 114 Å². The molecule has 1 aromatic carbocycles. The van der Waals surface area contributed by atoms with E-state index in [1.807, 2.05) is 0 Å². The third-order valence-electron chi connectivity index (χ3n) is 2.51. The topological polar surface area (TPSA) is 46.6 Å². The lowest BCUT2D eigenvalue weighted by atomic mass is 10.1. The number of benzene rings is 1. The van der Waals surface area contributed by atoms with E-state index in [-0.39, 0.29) is 12.1 Å². The molecule has 0 aliphatic carbocycles. The Hall–Kier alpha value is -1.41. The number of fused-ring (bicyclic) bond motifs is 1. The summed E-state index contributed by atoms with van der Waals surface area (Å²) in [6, 6.07) is 4.55. The normalized spacial score (nSPS) is 15.1. The number of alkyl halides is 3. The predicted molar refractivity (Wildman–Crippen MR) is 62.8 cm³/mol. The van der Waals surface area contributed by atoms with Crippen LogP contribution in [0.15, 0.2) is 22.7 Å². The molecule has 0 atom stereocenters. The number of nitrogens with zero attached hydrogens (tertiary/aromatic N) is 1. The van der Waals surface area contributed by atoms with Crippen molar-refractivity contribution in [1.82, 2.24) is 0 Å². The van der Waals surface area contributed by atoms with E-state index in [1.165, 1.54) is 12.1 Å². The van der Waals surface area contributed by atoms with Crippen molar-refractivity contribution in [2.24, 2.45) is 0 Å². The minimum Gasteiger partial charge on any atom is -0.302 e. The van der Waals surface area contributed by atoms with Gasteiger partial charge < -0.3 is 4.90 Å². The van der Waals surface area contributed by atoms with Crippen LogP contribution in [0.3, 0.4) is 0 Å². The van der Waals surface area contributed by atoms with Crippen molar-refractivity contribution >= 4 is 33.3 Å². The Bertz CT molecular complexity index is 544. The summed E-state index contributed by atoms with van der Waals surface area (Å²) in [6.07, 6.45) is -4.75. The summed E-state index contributed by atoms with van der Waals surface area (Å²) >= 11 is 3.16. The van der Waals surface area contributed by atoms with Crippen LogP contribution in [0.1, 0.15) is 10.4 Å². The zero-order chi connectivity index (χ0) is 14.2. The van der Waals surface area contributed by atoms with Crippen molar-refractivity contribution in [2.75, 3.05) is 18.1 Å². The Morgan fingerprint density at radius 2 is 1.95 bits per heavy atom. The van der Waals surface area contributed by atoms with Crippen LogP contribution in [0.2, 0.25) is 0 Å². The first kappa shape index (κ1) is 14.0. The molecule has 2 rings (SSSR count). The minimum absolute atomic E-state index is 0.173. The summed E-state index contributed by atoms with van der Waals surface area (Å²) in [5.74, 6) is -1.58. The second-order valence-corrected chi connectivity index (χ2v) is 4.66. The van der Waals surface area contributed by atoms with E-state index in [2.05, 4.69) is 20.7 Å². The van der Waals surface area contributed by atoms with E-state index in [0.717, 1.165) is 4.90 Å². The van der Waals surface area contributed by atoms with E-state index in [9.17, 15) is 22.8 Å². The molecule has 0 spiro atoms. The molecule has 1 heterocycles. The molecule has 8 heteroatoms. The minimum atomic E-state index is -4.75. The lowest BCUT2D eigenvalue weighted by molar-refractivity contribution is -0.323. The number of carbonyl (C=O) groups excluding carboxylic acids is 2. The summed E-state index contributed by atoms with van der Waals surface area (Å²) in [4.78, 5) is 24.3. The van der Waals surface area contributed by atoms with Gasteiger partial charge in [0.2, 0.25) is 0 Å². The number of ether oxygens (including phenoxy) is 1. The maximum Gasteiger partial charge on any atom is 0.522 e. The molecule has 0 radical (unpaired) electrons. The maximum absolute atomic E-state index is 11.9. The molecule has 4 nitrogen and oxygen atoms in total. The number of hydrogen-bond acceptors (Lipinski definition) is 3. The molecule has 1 aliphatic rings. The highest BCUT2D eigenvalue weighted by molar-refractivity contribution is 9.10. The maximum atomic E-state index is 11.9. The second kappa shape index (κ2) is 4.93. The average Bonchev–Trinajstić information content (AvgIpc) is 2.53. The third kappa shape index (κ3) is 2.95. The van der Waals surface area contributed by atoms with Crippen LogP contribution in [0, 0.1) is 0 Å². The lowest BCUT2D eigenvalue weighted by Gasteiger charge is -2.17. The Kier molecular flexibility index (Phi) is 3.64. The zero-order valence-electron chi connectivity index (χ0n) is 9.33. The number of halogens is 4. The van der Waals surface area contributed by atoms with Crippen molar-refractivity contribution in [3.63, 3.8) is 0 Å². The van der Waals surface area contributed by atoms with E-state index < -0.39 is 24.7 Å². The zero-order valence-corrected chi connectivity index (χ0v) is 10.9. The van der Waals surface area contributed by atoms with Crippen LogP contribution >= 0.6 is 15.9 Å². The van der Waals surface area contributed by atoms with Gasteiger partial charge in [0.1, 0.15) is 0 Å². The van der Waals surface area contributed by atoms with Crippen LogP contribution in [0.25, 0.3) is 0 Å². The molecule has 0 saturated carbocycles. The quantitative estimate of drug-likeness (QED) is 0.796. The van der Waals surface area contributed by atoms with Crippen LogP contribution in [-0.4, -0.2) is 31.2 Å². The summed E-state index contributed by atoms with van der Waals surface area (Å²) in [7, 11) is 0. The van der Waals surface area contributed by atoms with Gasteiger partial charge in [-0.15, -0.1) is 13.2 Å². The largest absolute Gasteiger partial charge is 0.522 e. The second-order valence-electron chi connectivity index (χ2n) is 3.74. The van der Waals surface area contributed by atoms with Gasteiger partial charge in [0.15, 0.2) is 0 Å². The molecule has 0 bridgehead atoms. The van der Waals surface area contributed by atoms with Crippen molar-refractivity contribution in [2.45, 2.75) is 6.36 Å². The fourth-order valence-corrected chi connectivity index (χ4v) is 2.11. The van der Waals surface area contributed by atoms with Crippen molar-refractivity contribution in [3.05, 3.63) is 28.2 Å². The highest BCUT2D eigenvalue weighted by Crippen LogP contribution is 2.31. The molecule has 19 heavy (non-hydrogen) atoms. The average molecular weight is 338 g/mol. The van der Waals surface area contributed by atoms with Gasteiger partial charge in [-0.3, -0.25) is 14.3 Å². The van der Waals surface area contributed by atoms with Crippen LogP contribution in [-0.2, 0) is 9.53 Å². The highest BCUT2D eigenvalue weighted by atomic mass is 79.9. The Morgan fingerprint density at radius 3 is 2.58 bits per heavy atom. The first-order chi connectivity index (χ1) is 8.79. The number of carbonyl (C=O) groups is 2. The van der Waals surface area contributed by atoms with Crippen LogP contribution in [0.5, 0.6) is 0 Å². The SMILES string of the molecule is O=C1C(=O)N(CCOC(F)(F)F)c2ccc(Br)cc21. The van der Waals surface area contributed by atoms with E-state index in [0.29, 0.717) is 10.2 Å². The van der Waals surface area contributed by atoms with Gasteiger partial charge in [0, 0.05) is 4.47 Å². The van der Waals surface area contributed by atoms with Gasteiger partial charge in [-0.1, -0.05) is 15.9 Å². The van der Waals surface area contributed by atoms with Gasteiger partial charge in [-0.05, 0) is 18.2 Å². The van der Waals surface area contributed by atoms with Gasteiger partial charge in [0.25, 0.3) is 11.7 Å². The van der Waals surface area contributed by atoms with E-state index in [1.54, 1.807) is 6.07 Å². The fourth-order valence-electron chi connectivity index (χ4n) is 1.75. The van der Waals surface area contributed by atoms with Gasteiger partial charge >= 0.3 is 6.36 Å². The molecule has 0 saturated heterocycles. The molecular formula is C11H7BrF3NO3. The number of amides is 1. The molecule has 0 unspecified atom stereocenters. The summed E-state index contributed by atoms with van der Waals surface area (Å²) in [5.41, 5.74) is 0.468. The first-order valence-corrected chi connectivity index (χ1v) is 5.95. The molecular weight excluding hydrogens is 331 g/mol. The predicted octanol–water partition coefficient (Wildman–Crippen LogP) is 2.51. The molecule has 1 amide bonds. The summed E-state index contributed by atoms with van der Waals surface area (Å²) in [6.45, 7) is -1.06. The lowest BCUT2D eigenvalue weighted by Crippen LogP contribution is -2.34. The fraction of sp³-hybridized carbons (Fsp3) is 0.273. The Balaban J connectivity index is 2.15. The number of Topliss-reactive ketones (excluding diaryl/α,β-unsaturated/α-hetero) is 1. The standard InChI is InChI=1S/C11H7BrF3NO3/c12-6-1-2-8-7(5-6)9(17)10(18)16(8)3-4-19-11(13,14)15/h1-2,5H,3-4H2. The van der Waals surface area contributed by atoms with Crippen molar-refractivity contribution in [1.29, 1.82) is 0 Å². The van der Waals surface area contributed by atoms with Gasteiger partial charge in [0.05, 0.1) is 24.4 Å². The third-order valence-corrected chi connectivity index (χ3v) is 3.01.